The molecule has 0 radical (unpaired) electrons. The maximum Gasteiger partial charge on any atom is 0.277 e. The molecular weight excluding hydrogens is 216 g/mol. The van der Waals surface area contributed by atoms with E-state index in [1.807, 2.05) is 13.8 Å². The monoisotopic (exact) mass is 238 g/mol. The highest BCUT2D eigenvalue weighted by Gasteiger charge is 2.23. The van der Waals surface area contributed by atoms with Crippen molar-refractivity contribution in [3.05, 3.63) is 0 Å². The van der Waals surface area contributed by atoms with E-state index >= 15 is 0 Å². The third-order valence-electron chi connectivity index (χ3n) is 1.83. The minimum absolute atomic E-state index is 0.0420. The Kier molecular flexibility index (Phi) is 5.72. The van der Waals surface area contributed by atoms with Gasteiger partial charge in [0, 0.05) is 18.7 Å². The fourth-order valence-corrected chi connectivity index (χ4v) is 2.46. The van der Waals surface area contributed by atoms with Crippen LogP contribution in [0.25, 0.3) is 0 Å². The summed E-state index contributed by atoms with van der Waals surface area (Å²) in [6.07, 6.45) is 0.385. The minimum atomic E-state index is -3.47. The Labute approximate surface area is 92.4 Å². The molecule has 92 valence electrons. The highest BCUT2D eigenvalue weighted by Crippen LogP contribution is 2.08. The second-order valence-electron chi connectivity index (χ2n) is 4.71. The predicted molar refractivity (Wildman–Crippen MR) is 60.7 cm³/mol. The maximum absolute atomic E-state index is 11.5. The molecule has 0 saturated heterocycles. The zero-order valence-electron chi connectivity index (χ0n) is 9.87. The topological polar surface area (TPSA) is 78.4 Å². The average molecular weight is 238 g/mol. The van der Waals surface area contributed by atoms with Crippen molar-refractivity contribution in [2.45, 2.75) is 39.7 Å². The molecule has 0 heterocycles. The molecule has 0 aromatic rings. The number of aliphatic hydroxyl groups excluding tert-OH is 1. The Morgan fingerprint density at radius 3 is 2.27 bits per heavy atom. The number of hydrogen-bond donors (Lipinski definition) is 3. The van der Waals surface area contributed by atoms with Gasteiger partial charge < -0.3 is 5.11 Å². The second-order valence-corrected chi connectivity index (χ2v) is 6.20. The van der Waals surface area contributed by atoms with Gasteiger partial charge in [0.05, 0.1) is 0 Å². The van der Waals surface area contributed by atoms with Crippen LogP contribution in [0.4, 0.5) is 0 Å². The summed E-state index contributed by atoms with van der Waals surface area (Å²) in [7, 11) is -3.47. The van der Waals surface area contributed by atoms with Crippen LogP contribution < -0.4 is 9.44 Å². The molecule has 0 aromatic heterocycles. The molecule has 3 N–H and O–H groups in total. The molecule has 0 saturated carbocycles. The van der Waals surface area contributed by atoms with Crippen molar-refractivity contribution in [2.24, 2.45) is 5.92 Å². The summed E-state index contributed by atoms with van der Waals surface area (Å²) >= 11 is 0. The SMILES string of the molecule is CC(C)CNS(=O)(=O)NC(C)(C)CCO. The molecule has 0 rings (SSSR count). The van der Waals surface area contributed by atoms with Gasteiger partial charge in [-0.15, -0.1) is 0 Å². The van der Waals surface area contributed by atoms with Gasteiger partial charge in [-0.2, -0.15) is 13.1 Å². The van der Waals surface area contributed by atoms with Crippen molar-refractivity contribution in [2.75, 3.05) is 13.2 Å². The molecule has 0 unspecified atom stereocenters. The highest BCUT2D eigenvalue weighted by molar-refractivity contribution is 7.87. The Morgan fingerprint density at radius 2 is 1.87 bits per heavy atom. The van der Waals surface area contributed by atoms with Crippen LogP contribution in [0.5, 0.6) is 0 Å². The van der Waals surface area contributed by atoms with Gasteiger partial charge in [0.1, 0.15) is 0 Å². The van der Waals surface area contributed by atoms with Crippen LogP contribution in [-0.2, 0) is 10.2 Å². The number of hydrogen-bond acceptors (Lipinski definition) is 3. The van der Waals surface area contributed by atoms with E-state index < -0.39 is 15.7 Å². The van der Waals surface area contributed by atoms with E-state index in [2.05, 4.69) is 9.44 Å². The van der Waals surface area contributed by atoms with Crippen molar-refractivity contribution in [1.29, 1.82) is 0 Å². The molecule has 5 nitrogen and oxygen atoms in total. The minimum Gasteiger partial charge on any atom is -0.396 e. The van der Waals surface area contributed by atoms with Crippen LogP contribution in [0.15, 0.2) is 0 Å². The summed E-state index contributed by atoms with van der Waals surface area (Å²) in [6, 6.07) is 0. The summed E-state index contributed by atoms with van der Waals surface area (Å²) in [5.41, 5.74) is -0.627. The third kappa shape index (κ3) is 7.72. The van der Waals surface area contributed by atoms with Gasteiger partial charge in [-0.25, -0.2) is 4.72 Å². The smallest absolute Gasteiger partial charge is 0.277 e. The first-order valence-corrected chi connectivity index (χ1v) is 6.56. The Bertz CT molecular complexity index is 273. The van der Waals surface area contributed by atoms with Crippen LogP contribution in [0, 0.1) is 5.92 Å². The first-order chi connectivity index (χ1) is 6.68. The fourth-order valence-electron chi connectivity index (χ4n) is 1.01. The standard InChI is InChI=1S/C9H22N2O3S/c1-8(2)7-10-15(13,14)11-9(3,4)5-6-12/h8,10-12H,5-7H2,1-4H3. The van der Waals surface area contributed by atoms with Crippen molar-refractivity contribution in [3.63, 3.8) is 0 Å². The maximum atomic E-state index is 11.5. The Hall–Kier alpha value is -0.170. The number of nitrogens with one attached hydrogen (secondary N) is 2. The number of rotatable bonds is 7. The summed E-state index contributed by atoms with van der Waals surface area (Å²) in [4.78, 5) is 0. The van der Waals surface area contributed by atoms with E-state index in [1.54, 1.807) is 13.8 Å². The molecule has 0 aliphatic carbocycles. The van der Waals surface area contributed by atoms with Crippen molar-refractivity contribution < 1.29 is 13.5 Å². The molecule has 0 aliphatic rings. The molecule has 0 amide bonds. The molecule has 15 heavy (non-hydrogen) atoms. The normalized spacial score (nSPS) is 13.5. The van der Waals surface area contributed by atoms with Gasteiger partial charge >= 0.3 is 0 Å². The van der Waals surface area contributed by atoms with E-state index in [9.17, 15) is 8.42 Å². The zero-order chi connectivity index (χ0) is 12.1. The molecule has 0 spiro atoms. The summed E-state index contributed by atoms with van der Waals surface area (Å²) in [5, 5.41) is 8.76. The van der Waals surface area contributed by atoms with E-state index in [0.717, 1.165) is 0 Å². The summed E-state index contributed by atoms with van der Waals surface area (Å²) in [6.45, 7) is 7.70. The second kappa shape index (κ2) is 5.79. The lowest BCUT2D eigenvalue weighted by molar-refractivity contribution is 0.245. The van der Waals surface area contributed by atoms with Crippen molar-refractivity contribution in [3.8, 4) is 0 Å². The van der Waals surface area contributed by atoms with Crippen LogP contribution in [0.1, 0.15) is 34.1 Å². The predicted octanol–water partition coefficient (Wildman–Crippen LogP) is 0.227. The molecule has 6 heteroatoms. The van der Waals surface area contributed by atoms with E-state index in [1.165, 1.54) is 0 Å². The zero-order valence-corrected chi connectivity index (χ0v) is 10.7. The summed E-state index contributed by atoms with van der Waals surface area (Å²) < 4.78 is 28.0. The van der Waals surface area contributed by atoms with E-state index in [4.69, 9.17) is 5.11 Å². The van der Waals surface area contributed by atoms with E-state index in [-0.39, 0.29) is 12.5 Å². The van der Waals surface area contributed by atoms with Crippen LogP contribution >= 0.6 is 0 Å². The van der Waals surface area contributed by atoms with Gasteiger partial charge in [0.15, 0.2) is 0 Å². The Morgan fingerprint density at radius 1 is 1.33 bits per heavy atom. The van der Waals surface area contributed by atoms with Crippen molar-refractivity contribution >= 4 is 10.2 Å². The largest absolute Gasteiger partial charge is 0.396 e. The summed E-state index contributed by atoms with van der Waals surface area (Å²) in [5.74, 6) is 0.266. The quantitative estimate of drug-likeness (QED) is 0.594. The van der Waals surface area contributed by atoms with Crippen LogP contribution in [0.3, 0.4) is 0 Å². The van der Waals surface area contributed by atoms with Gasteiger partial charge in [0.2, 0.25) is 0 Å². The lowest BCUT2D eigenvalue weighted by Gasteiger charge is -2.25. The molecular formula is C9H22N2O3S. The fraction of sp³-hybridized carbons (Fsp3) is 1.00. The van der Waals surface area contributed by atoms with Gasteiger partial charge in [-0.3, -0.25) is 0 Å². The third-order valence-corrected chi connectivity index (χ3v) is 3.20. The lowest BCUT2D eigenvalue weighted by atomic mass is 10.0. The Balaban J connectivity index is 4.25. The molecule has 0 aromatic carbocycles. The molecule has 0 bridgehead atoms. The molecule has 0 aliphatic heterocycles. The van der Waals surface area contributed by atoms with E-state index in [0.29, 0.717) is 13.0 Å². The number of aliphatic hydroxyl groups is 1. The molecule has 0 fully saturated rings. The first-order valence-electron chi connectivity index (χ1n) is 5.08. The lowest BCUT2D eigenvalue weighted by Crippen LogP contribution is -2.49. The van der Waals surface area contributed by atoms with Crippen LogP contribution in [0.2, 0.25) is 0 Å². The van der Waals surface area contributed by atoms with Gasteiger partial charge in [-0.1, -0.05) is 13.8 Å². The average Bonchev–Trinajstić information content (AvgIpc) is 1.98. The molecule has 0 atom stereocenters. The highest BCUT2D eigenvalue weighted by atomic mass is 32.2. The van der Waals surface area contributed by atoms with Gasteiger partial charge in [-0.05, 0) is 26.2 Å². The van der Waals surface area contributed by atoms with Crippen molar-refractivity contribution in [1.82, 2.24) is 9.44 Å². The van der Waals surface area contributed by atoms with Crippen LogP contribution in [-0.4, -0.2) is 32.2 Å². The first kappa shape index (κ1) is 14.8. The van der Waals surface area contributed by atoms with Gasteiger partial charge in [0.25, 0.3) is 10.2 Å².